The van der Waals surface area contributed by atoms with Gasteiger partial charge in [-0.2, -0.15) is 0 Å². The van der Waals surface area contributed by atoms with E-state index in [0.29, 0.717) is 0 Å². The van der Waals surface area contributed by atoms with Gasteiger partial charge >= 0.3 is 0 Å². The van der Waals surface area contributed by atoms with E-state index >= 15 is 0 Å². The summed E-state index contributed by atoms with van der Waals surface area (Å²) in [6, 6.07) is 7.94. The molecular weight excluding hydrogens is 154 g/mol. The van der Waals surface area contributed by atoms with Crippen molar-refractivity contribution >= 4 is 6.47 Å². The van der Waals surface area contributed by atoms with E-state index in [0.717, 1.165) is 0 Å². The summed E-state index contributed by atoms with van der Waals surface area (Å²) < 4.78 is 11.9. The fourth-order valence-electron chi connectivity index (χ4n) is 0.415. The highest BCUT2D eigenvalue weighted by Gasteiger charge is 1.77. The third-order valence-corrected chi connectivity index (χ3v) is 0.733. The summed E-state index contributed by atoms with van der Waals surface area (Å²) in [4.78, 5) is 8.36. The van der Waals surface area contributed by atoms with E-state index in [1.807, 2.05) is 0 Å². The van der Waals surface area contributed by atoms with Gasteiger partial charge in [0.1, 0.15) is 5.82 Å². The quantitative estimate of drug-likeness (QED) is 0.589. The van der Waals surface area contributed by atoms with Crippen molar-refractivity contribution in [1.29, 1.82) is 0 Å². The Morgan fingerprint density at radius 1 is 1.27 bits per heavy atom. The topological polar surface area (TPSA) is 37.3 Å². The average molecular weight is 162 g/mol. The highest BCUT2D eigenvalue weighted by molar-refractivity contribution is 5.32. The van der Waals surface area contributed by atoms with Crippen LogP contribution in [0.4, 0.5) is 9.09 Å². The zero-order chi connectivity index (χ0) is 7.82. The fourth-order valence-corrected chi connectivity index (χ4v) is 0.415. The number of carbonyl (C=O) groups is 1. The summed E-state index contributed by atoms with van der Waals surface area (Å²) in [7, 11) is 0. The van der Waals surface area contributed by atoms with Gasteiger partial charge in [0.25, 0.3) is 6.47 Å². The molecule has 2 nitrogen and oxygen atoms in total. The van der Waals surface area contributed by atoms with Gasteiger partial charge in [-0.05, 0) is 12.1 Å². The van der Waals surface area contributed by atoms with Crippen LogP contribution in [-0.2, 0) is 4.79 Å². The lowest BCUT2D eigenvalue weighted by Gasteiger charge is -1.78. The van der Waals surface area contributed by atoms with Gasteiger partial charge in [-0.3, -0.25) is 9.50 Å². The first kappa shape index (κ1) is 12.2. The molecule has 0 saturated carbocycles. The third-order valence-electron chi connectivity index (χ3n) is 0.733. The minimum absolute atomic E-state index is 0. The number of carboxylic acid groups (broad SMARTS) is 1. The number of hydrogen-bond acceptors (Lipinski definition) is 1. The van der Waals surface area contributed by atoms with Crippen LogP contribution in [0.25, 0.3) is 0 Å². The molecule has 0 aliphatic heterocycles. The second-order valence-electron chi connectivity index (χ2n) is 1.40. The Morgan fingerprint density at radius 2 is 1.64 bits per heavy atom. The zero-order valence-electron chi connectivity index (χ0n) is 5.61. The van der Waals surface area contributed by atoms with Gasteiger partial charge in [0, 0.05) is 0 Å². The lowest BCUT2D eigenvalue weighted by Crippen LogP contribution is -1.63. The van der Waals surface area contributed by atoms with Crippen LogP contribution in [-0.4, -0.2) is 11.6 Å². The second kappa shape index (κ2) is 8.55. The second-order valence-corrected chi connectivity index (χ2v) is 1.40. The van der Waals surface area contributed by atoms with E-state index in [1.165, 1.54) is 12.1 Å². The largest absolute Gasteiger partial charge is 0.483 e. The predicted octanol–water partition coefficient (Wildman–Crippen LogP) is 1.68. The molecular formula is C7H8F2O2. The molecule has 0 unspecified atom stereocenters. The lowest BCUT2D eigenvalue weighted by atomic mass is 10.4. The zero-order valence-corrected chi connectivity index (χ0v) is 5.61. The molecule has 0 radical (unpaired) electrons. The van der Waals surface area contributed by atoms with E-state index in [1.54, 1.807) is 18.2 Å². The van der Waals surface area contributed by atoms with Crippen molar-refractivity contribution in [2.24, 2.45) is 0 Å². The summed E-state index contributed by atoms with van der Waals surface area (Å²) in [5.74, 6) is -0.178. The number of halogens is 2. The van der Waals surface area contributed by atoms with Crippen molar-refractivity contribution in [3.63, 3.8) is 0 Å². The summed E-state index contributed by atoms with van der Waals surface area (Å²) in [6.45, 7) is -0.250. The SMILES string of the molecule is F.Fc1ccccc1.O=CO. The number of benzene rings is 1. The first-order valence-corrected chi connectivity index (χ1v) is 2.59. The maximum absolute atomic E-state index is 11.9. The molecule has 0 aromatic heterocycles. The minimum Gasteiger partial charge on any atom is -0.483 e. The van der Waals surface area contributed by atoms with Crippen molar-refractivity contribution in [1.82, 2.24) is 0 Å². The molecule has 0 aliphatic rings. The molecule has 0 saturated heterocycles. The van der Waals surface area contributed by atoms with Crippen molar-refractivity contribution < 1.29 is 19.0 Å². The lowest BCUT2D eigenvalue weighted by molar-refractivity contribution is -0.122. The van der Waals surface area contributed by atoms with E-state index in [4.69, 9.17) is 9.90 Å². The Morgan fingerprint density at radius 3 is 1.82 bits per heavy atom. The fraction of sp³-hybridized carbons (Fsp3) is 0. The standard InChI is InChI=1S/C6H5F.CH2O2.FH/c7-6-4-2-1-3-5-6;2-1-3;/h1-5H;1H,(H,2,3);1H. The maximum Gasteiger partial charge on any atom is 0.290 e. The van der Waals surface area contributed by atoms with Crippen LogP contribution in [0.5, 0.6) is 0 Å². The average Bonchev–Trinajstić information content (AvgIpc) is 1.91. The maximum atomic E-state index is 11.9. The molecule has 0 aliphatic carbocycles. The summed E-state index contributed by atoms with van der Waals surface area (Å²) >= 11 is 0. The molecule has 62 valence electrons. The monoisotopic (exact) mass is 162 g/mol. The number of rotatable bonds is 0. The van der Waals surface area contributed by atoms with Crippen LogP contribution in [0, 0.1) is 5.82 Å². The van der Waals surface area contributed by atoms with E-state index < -0.39 is 0 Å². The Bertz CT molecular complexity index is 177. The molecule has 1 N–H and O–H groups in total. The molecule has 4 heteroatoms. The summed E-state index contributed by atoms with van der Waals surface area (Å²) in [5, 5.41) is 6.89. The molecule has 0 heterocycles. The summed E-state index contributed by atoms with van der Waals surface area (Å²) in [5.41, 5.74) is 0. The Kier molecular flexibility index (Phi) is 9.52. The molecule has 1 aromatic carbocycles. The molecule has 0 spiro atoms. The van der Waals surface area contributed by atoms with Crippen molar-refractivity contribution in [3.8, 4) is 0 Å². The van der Waals surface area contributed by atoms with Gasteiger partial charge in [0.05, 0.1) is 0 Å². The van der Waals surface area contributed by atoms with Gasteiger partial charge in [0.15, 0.2) is 0 Å². The van der Waals surface area contributed by atoms with Crippen LogP contribution in [0.15, 0.2) is 30.3 Å². The first-order chi connectivity index (χ1) is 4.81. The minimum atomic E-state index is -0.250. The van der Waals surface area contributed by atoms with Crippen LogP contribution >= 0.6 is 0 Å². The van der Waals surface area contributed by atoms with E-state index in [-0.39, 0.29) is 17.0 Å². The molecule has 0 atom stereocenters. The Labute approximate surface area is 62.7 Å². The molecule has 0 bridgehead atoms. The van der Waals surface area contributed by atoms with Crippen molar-refractivity contribution in [2.75, 3.05) is 0 Å². The normalized spacial score (nSPS) is 6.64. The molecule has 0 amide bonds. The van der Waals surface area contributed by atoms with Crippen LogP contribution in [0.3, 0.4) is 0 Å². The smallest absolute Gasteiger partial charge is 0.290 e. The van der Waals surface area contributed by atoms with Gasteiger partial charge in [-0.15, -0.1) is 0 Å². The molecule has 0 fully saturated rings. The van der Waals surface area contributed by atoms with Crippen LogP contribution in [0.1, 0.15) is 0 Å². The van der Waals surface area contributed by atoms with Gasteiger partial charge in [-0.25, -0.2) is 4.39 Å². The highest BCUT2D eigenvalue weighted by atomic mass is 19.1. The van der Waals surface area contributed by atoms with Gasteiger partial charge in [0.2, 0.25) is 0 Å². The van der Waals surface area contributed by atoms with Gasteiger partial charge in [-0.1, -0.05) is 18.2 Å². The Balaban J connectivity index is 0. The predicted molar refractivity (Wildman–Crippen MR) is 37.6 cm³/mol. The molecule has 1 rings (SSSR count). The van der Waals surface area contributed by atoms with Crippen molar-refractivity contribution in [2.45, 2.75) is 0 Å². The first-order valence-electron chi connectivity index (χ1n) is 2.59. The summed E-state index contributed by atoms with van der Waals surface area (Å²) in [6.07, 6.45) is 0. The Hall–Kier alpha value is -1.45. The highest BCUT2D eigenvalue weighted by Crippen LogP contribution is 1.91. The van der Waals surface area contributed by atoms with Crippen molar-refractivity contribution in [3.05, 3.63) is 36.1 Å². The molecule has 11 heavy (non-hydrogen) atoms. The van der Waals surface area contributed by atoms with Crippen LogP contribution < -0.4 is 0 Å². The number of hydrogen-bond donors (Lipinski definition) is 1. The third kappa shape index (κ3) is 8.55. The van der Waals surface area contributed by atoms with E-state index in [9.17, 15) is 4.39 Å². The van der Waals surface area contributed by atoms with E-state index in [2.05, 4.69) is 0 Å². The molecule has 1 aromatic rings. The van der Waals surface area contributed by atoms with Gasteiger partial charge < -0.3 is 5.11 Å². The van der Waals surface area contributed by atoms with Crippen LogP contribution in [0.2, 0.25) is 0 Å².